The molecule has 1 amide bonds. The molecule has 1 aromatic rings. The van der Waals surface area contributed by atoms with Gasteiger partial charge in [0.05, 0.1) is 9.75 Å². The molecule has 0 aliphatic carbocycles. The summed E-state index contributed by atoms with van der Waals surface area (Å²) in [6.07, 6.45) is 3.51. The van der Waals surface area contributed by atoms with Crippen LogP contribution in [0.25, 0.3) is 0 Å². The molecule has 0 unspecified atom stereocenters. The zero-order valence-electron chi connectivity index (χ0n) is 12.4. The van der Waals surface area contributed by atoms with Gasteiger partial charge in [0.15, 0.2) is 0 Å². The van der Waals surface area contributed by atoms with Gasteiger partial charge in [-0.05, 0) is 57.5 Å². The third-order valence-electron chi connectivity index (χ3n) is 3.80. The number of aliphatic hydroxyl groups is 1. The molecule has 0 saturated carbocycles. The SMILES string of the molecule is CN1CCC(CCNC(=O)c2ccc(C#CCO)s2)CC1. The van der Waals surface area contributed by atoms with Crippen molar-refractivity contribution in [3.63, 3.8) is 0 Å². The Morgan fingerprint density at radius 2 is 2.24 bits per heavy atom. The highest BCUT2D eigenvalue weighted by Crippen LogP contribution is 2.19. The summed E-state index contributed by atoms with van der Waals surface area (Å²) >= 11 is 1.36. The Morgan fingerprint density at radius 3 is 2.95 bits per heavy atom. The molecular weight excluding hydrogens is 284 g/mol. The first kappa shape index (κ1) is 16.0. The first-order valence-corrected chi connectivity index (χ1v) is 8.17. The van der Waals surface area contributed by atoms with Crippen LogP contribution in [-0.2, 0) is 0 Å². The second kappa shape index (κ2) is 8.18. The average molecular weight is 306 g/mol. The van der Waals surface area contributed by atoms with E-state index >= 15 is 0 Å². The lowest BCUT2D eigenvalue weighted by Crippen LogP contribution is -2.32. The molecule has 0 radical (unpaired) electrons. The molecule has 1 fully saturated rings. The minimum Gasteiger partial charge on any atom is -0.384 e. The van der Waals surface area contributed by atoms with E-state index in [0.717, 1.165) is 36.9 Å². The molecule has 21 heavy (non-hydrogen) atoms. The molecule has 1 aliphatic rings. The van der Waals surface area contributed by atoms with Gasteiger partial charge in [0.2, 0.25) is 0 Å². The lowest BCUT2D eigenvalue weighted by atomic mass is 9.94. The van der Waals surface area contributed by atoms with Crippen molar-refractivity contribution >= 4 is 17.2 Å². The number of amides is 1. The zero-order chi connectivity index (χ0) is 15.1. The van der Waals surface area contributed by atoms with Crippen molar-refractivity contribution in [3.05, 3.63) is 21.9 Å². The predicted octanol–water partition coefficient (Wildman–Crippen LogP) is 1.55. The van der Waals surface area contributed by atoms with Crippen LogP contribution in [0, 0.1) is 17.8 Å². The highest BCUT2D eigenvalue weighted by Gasteiger charge is 2.16. The number of carbonyl (C=O) groups excluding carboxylic acids is 1. The van der Waals surface area contributed by atoms with Gasteiger partial charge in [-0.15, -0.1) is 11.3 Å². The van der Waals surface area contributed by atoms with Crippen LogP contribution >= 0.6 is 11.3 Å². The number of likely N-dealkylation sites (tertiary alicyclic amines) is 1. The Balaban J connectivity index is 1.73. The van der Waals surface area contributed by atoms with Gasteiger partial charge in [-0.2, -0.15) is 0 Å². The number of thiophene rings is 1. The van der Waals surface area contributed by atoms with Crippen molar-refractivity contribution in [3.8, 4) is 11.8 Å². The highest BCUT2D eigenvalue weighted by atomic mass is 32.1. The predicted molar refractivity (Wildman–Crippen MR) is 85.5 cm³/mol. The first-order chi connectivity index (χ1) is 10.2. The van der Waals surface area contributed by atoms with E-state index in [0.29, 0.717) is 4.88 Å². The van der Waals surface area contributed by atoms with Crippen molar-refractivity contribution in [1.29, 1.82) is 0 Å². The van der Waals surface area contributed by atoms with E-state index in [1.807, 2.05) is 6.07 Å². The molecule has 114 valence electrons. The molecule has 0 bridgehead atoms. The van der Waals surface area contributed by atoms with Crippen LogP contribution in [0.2, 0.25) is 0 Å². The summed E-state index contributed by atoms with van der Waals surface area (Å²) in [5.74, 6) is 6.11. The Hall–Kier alpha value is -1.35. The minimum atomic E-state index is -0.157. The fraction of sp³-hybridized carbons (Fsp3) is 0.562. The van der Waals surface area contributed by atoms with E-state index in [1.54, 1.807) is 6.07 Å². The molecule has 2 N–H and O–H groups in total. The molecule has 5 heteroatoms. The Kier molecular flexibility index (Phi) is 6.24. The molecule has 2 heterocycles. The number of hydrogen-bond donors (Lipinski definition) is 2. The number of rotatable bonds is 4. The number of nitrogens with zero attached hydrogens (tertiary/aromatic N) is 1. The number of hydrogen-bond acceptors (Lipinski definition) is 4. The van der Waals surface area contributed by atoms with Crippen molar-refractivity contribution < 1.29 is 9.90 Å². The van der Waals surface area contributed by atoms with Crippen LogP contribution in [0.5, 0.6) is 0 Å². The van der Waals surface area contributed by atoms with E-state index in [9.17, 15) is 4.79 Å². The van der Waals surface area contributed by atoms with Gasteiger partial charge in [-0.25, -0.2) is 0 Å². The second-order valence-electron chi connectivity index (χ2n) is 5.42. The maximum absolute atomic E-state index is 12.0. The smallest absolute Gasteiger partial charge is 0.261 e. The van der Waals surface area contributed by atoms with Gasteiger partial charge in [0.1, 0.15) is 6.61 Å². The van der Waals surface area contributed by atoms with Crippen LogP contribution in [0.15, 0.2) is 12.1 Å². The normalized spacial score (nSPS) is 16.3. The van der Waals surface area contributed by atoms with Crippen molar-refractivity contribution in [2.24, 2.45) is 5.92 Å². The van der Waals surface area contributed by atoms with Gasteiger partial charge in [-0.3, -0.25) is 4.79 Å². The topological polar surface area (TPSA) is 52.6 Å². The Bertz CT molecular complexity index is 522. The number of aliphatic hydroxyl groups excluding tert-OH is 1. The third-order valence-corrected chi connectivity index (χ3v) is 4.80. The molecule has 0 aromatic carbocycles. The second-order valence-corrected chi connectivity index (χ2v) is 6.50. The summed E-state index contributed by atoms with van der Waals surface area (Å²) in [7, 11) is 2.16. The number of nitrogens with one attached hydrogen (secondary N) is 1. The Labute approximate surface area is 130 Å². The van der Waals surface area contributed by atoms with Crippen molar-refractivity contribution in [2.75, 3.05) is 33.3 Å². The molecular formula is C16H22N2O2S. The summed E-state index contributed by atoms with van der Waals surface area (Å²) in [6, 6.07) is 3.61. The van der Waals surface area contributed by atoms with Crippen molar-refractivity contribution in [1.82, 2.24) is 10.2 Å². The quantitative estimate of drug-likeness (QED) is 0.830. The summed E-state index contributed by atoms with van der Waals surface area (Å²) in [5, 5.41) is 11.6. The van der Waals surface area contributed by atoms with Crippen LogP contribution in [0.4, 0.5) is 0 Å². The monoisotopic (exact) mass is 306 g/mol. The van der Waals surface area contributed by atoms with Gasteiger partial charge in [-0.1, -0.05) is 11.8 Å². The third kappa shape index (κ3) is 5.16. The van der Waals surface area contributed by atoms with Gasteiger partial charge < -0.3 is 15.3 Å². The largest absolute Gasteiger partial charge is 0.384 e. The Morgan fingerprint density at radius 1 is 1.48 bits per heavy atom. The molecule has 0 atom stereocenters. The van der Waals surface area contributed by atoms with Crippen LogP contribution < -0.4 is 5.32 Å². The van der Waals surface area contributed by atoms with Gasteiger partial charge in [0.25, 0.3) is 5.91 Å². The minimum absolute atomic E-state index is 0.0232. The zero-order valence-corrected chi connectivity index (χ0v) is 13.2. The molecule has 4 nitrogen and oxygen atoms in total. The van der Waals surface area contributed by atoms with Crippen LogP contribution in [-0.4, -0.2) is 49.2 Å². The van der Waals surface area contributed by atoms with E-state index in [-0.39, 0.29) is 12.5 Å². The maximum Gasteiger partial charge on any atom is 0.261 e. The lowest BCUT2D eigenvalue weighted by molar-refractivity contribution is 0.0953. The van der Waals surface area contributed by atoms with E-state index < -0.39 is 0 Å². The fourth-order valence-corrected chi connectivity index (χ4v) is 3.28. The summed E-state index contributed by atoms with van der Waals surface area (Å²) < 4.78 is 0. The highest BCUT2D eigenvalue weighted by molar-refractivity contribution is 7.14. The standard InChI is InChI=1S/C16H22N2O2S/c1-18-10-7-13(8-11-18)6-9-17-16(20)15-5-4-14(21-15)3-2-12-19/h4-5,13,19H,6-12H2,1H3,(H,17,20). The lowest BCUT2D eigenvalue weighted by Gasteiger charge is -2.28. The van der Waals surface area contributed by atoms with E-state index in [1.165, 1.54) is 24.2 Å². The van der Waals surface area contributed by atoms with Gasteiger partial charge in [0, 0.05) is 6.54 Å². The average Bonchev–Trinajstić information content (AvgIpc) is 2.96. The number of piperidine rings is 1. The summed E-state index contributed by atoms with van der Waals surface area (Å²) in [5.41, 5.74) is 0. The molecule has 1 aliphatic heterocycles. The van der Waals surface area contributed by atoms with Crippen LogP contribution in [0.3, 0.4) is 0 Å². The van der Waals surface area contributed by atoms with E-state index in [4.69, 9.17) is 5.11 Å². The van der Waals surface area contributed by atoms with E-state index in [2.05, 4.69) is 29.1 Å². The maximum atomic E-state index is 12.0. The molecule has 1 saturated heterocycles. The van der Waals surface area contributed by atoms with Crippen LogP contribution in [0.1, 0.15) is 33.8 Å². The summed E-state index contributed by atoms with van der Waals surface area (Å²) in [6.45, 7) is 2.91. The molecule has 1 aromatic heterocycles. The summed E-state index contributed by atoms with van der Waals surface area (Å²) in [4.78, 5) is 15.9. The molecule has 0 spiro atoms. The first-order valence-electron chi connectivity index (χ1n) is 7.35. The van der Waals surface area contributed by atoms with Crippen molar-refractivity contribution in [2.45, 2.75) is 19.3 Å². The molecule has 2 rings (SSSR count). The fourth-order valence-electron chi connectivity index (χ4n) is 2.48. The van der Waals surface area contributed by atoms with Gasteiger partial charge >= 0.3 is 0 Å². The number of carbonyl (C=O) groups is 1.